The van der Waals surface area contributed by atoms with Crippen molar-refractivity contribution >= 4 is 33.0 Å². The molecular formula is C20H15F2N3O5S. The zero-order chi connectivity index (χ0) is 22.8. The molecule has 0 saturated heterocycles. The Bertz CT molecular complexity index is 1280. The predicted octanol–water partition coefficient (Wildman–Crippen LogP) is 4.23. The number of benzene rings is 3. The highest BCUT2D eigenvalue weighted by Gasteiger charge is 2.19. The average Bonchev–Trinajstić information content (AvgIpc) is 2.71. The quantitative estimate of drug-likeness (QED) is 0.433. The lowest BCUT2D eigenvalue weighted by Gasteiger charge is -2.11. The summed E-state index contributed by atoms with van der Waals surface area (Å²) in [6, 6.07) is 11.9. The zero-order valence-corrected chi connectivity index (χ0v) is 16.7. The van der Waals surface area contributed by atoms with Crippen molar-refractivity contribution in [3.8, 4) is 0 Å². The number of anilines is 2. The maximum absolute atomic E-state index is 13.3. The fraction of sp³-hybridized carbons (Fsp3) is 0.0500. The van der Waals surface area contributed by atoms with E-state index in [0.717, 1.165) is 6.07 Å². The van der Waals surface area contributed by atoms with Crippen molar-refractivity contribution in [2.24, 2.45) is 0 Å². The number of sulfonamides is 1. The van der Waals surface area contributed by atoms with Crippen LogP contribution in [0.4, 0.5) is 25.8 Å². The maximum atomic E-state index is 13.3. The maximum Gasteiger partial charge on any atom is 0.273 e. The highest BCUT2D eigenvalue weighted by molar-refractivity contribution is 7.92. The molecule has 11 heteroatoms. The van der Waals surface area contributed by atoms with E-state index in [1.807, 2.05) is 0 Å². The van der Waals surface area contributed by atoms with E-state index in [0.29, 0.717) is 17.8 Å². The second-order valence-electron chi connectivity index (χ2n) is 6.42. The van der Waals surface area contributed by atoms with Crippen molar-refractivity contribution < 1.29 is 26.9 Å². The molecule has 0 aliphatic rings. The summed E-state index contributed by atoms with van der Waals surface area (Å²) in [4.78, 5) is 22.4. The summed E-state index contributed by atoms with van der Waals surface area (Å²) in [5.74, 6) is -3.04. The van der Waals surface area contributed by atoms with E-state index < -0.39 is 37.4 Å². The number of carbonyl (C=O) groups excluding carboxylic acids is 1. The molecule has 0 fully saturated rings. The second-order valence-corrected chi connectivity index (χ2v) is 8.10. The van der Waals surface area contributed by atoms with Crippen LogP contribution in [-0.2, 0) is 10.0 Å². The number of hydrogen-bond acceptors (Lipinski definition) is 5. The van der Waals surface area contributed by atoms with Crippen molar-refractivity contribution in [3.05, 3.63) is 93.5 Å². The molecule has 0 aromatic heterocycles. The van der Waals surface area contributed by atoms with Gasteiger partial charge < -0.3 is 5.32 Å². The van der Waals surface area contributed by atoms with Gasteiger partial charge in [0.1, 0.15) is 0 Å². The number of rotatable bonds is 6. The smallest absolute Gasteiger partial charge is 0.273 e. The van der Waals surface area contributed by atoms with E-state index >= 15 is 0 Å². The molecule has 0 heterocycles. The summed E-state index contributed by atoms with van der Waals surface area (Å²) in [7, 11) is -4.16. The molecule has 2 N–H and O–H groups in total. The minimum Gasteiger partial charge on any atom is -0.322 e. The summed E-state index contributed by atoms with van der Waals surface area (Å²) in [5, 5.41) is 13.6. The lowest BCUT2D eigenvalue weighted by Crippen LogP contribution is -2.15. The van der Waals surface area contributed by atoms with Crippen LogP contribution in [0.25, 0.3) is 0 Å². The molecule has 0 unspecified atom stereocenters. The van der Waals surface area contributed by atoms with Crippen molar-refractivity contribution in [2.75, 3.05) is 10.0 Å². The minimum absolute atomic E-state index is 0.120. The second kappa shape index (κ2) is 8.48. The van der Waals surface area contributed by atoms with Gasteiger partial charge in [-0.1, -0.05) is 6.07 Å². The summed E-state index contributed by atoms with van der Waals surface area (Å²) in [6.45, 7) is 1.46. The predicted molar refractivity (Wildman–Crippen MR) is 109 cm³/mol. The number of nitrogens with zero attached hydrogens (tertiary/aromatic N) is 1. The first kappa shape index (κ1) is 21.8. The molecule has 0 aliphatic carbocycles. The number of nitrogens with one attached hydrogen (secondary N) is 2. The molecule has 8 nitrogen and oxygen atoms in total. The first-order valence-electron chi connectivity index (χ1n) is 8.72. The SMILES string of the molecule is Cc1c(C(=O)Nc2ccc(NS(=O)(=O)c3ccc(F)c(F)c3)cc2)cccc1[N+](=O)[O-]. The number of nitro groups is 1. The van der Waals surface area contributed by atoms with Crippen LogP contribution in [0.15, 0.2) is 65.6 Å². The van der Waals surface area contributed by atoms with Gasteiger partial charge in [-0.3, -0.25) is 19.6 Å². The zero-order valence-electron chi connectivity index (χ0n) is 15.9. The van der Waals surface area contributed by atoms with Crippen LogP contribution in [-0.4, -0.2) is 19.2 Å². The molecule has 3 aromatic rings. The molecule has 3 aromatic carbocycles. The third kappa shape index (κ3) is 4.83. The Labute approximate surface area is 175 Å². The topological polar surface area (TPSA) is 118 Å². The van der Waals surface area contributed by atoms with E-state index in [4.69, 9.17) is 0 Å². The van der Waals surface area contributed by atoms with Crippen LogP contribution in [0.1, 0.15) is 15.9 Å². The van der Waals surface area contributed by atoms with Gasteiger partial charge in [-0.15, -0.1) is 0 Å². The Morgan fingerprint density at radius 2 is 1.61 bits per heavy atom. The first-order chi connectivity index (χ1) is 14.6. The lowest BCUT2D eigenvalue weighted by molar-refractivity contribution is -0.385. The molecule has 0 bridgehead atoms. The number of nitro benzene ring substituents is 1. The number of halogens is 2. The van der Waals surface area contributed by atoms with E-state index in [1.165, 1.54) is 49.4 Å². The standard InChI is InChI=1S/C20H15F2N3O5S/c1-12-16(3-2-4-19(12)25(27)28)20(26)23-13-5-7-14(8-6-13)24-31(29,30)15-9-10-17(21)18(22)11-15/h2-11,24H,1H3,(H,23,26). The molecular weight excluding hydrogens is 432 g/mol. The molecule has 0 atom stereocenters. The fourth-order valence-corrected chi connectivity index (χ4v) is 3.82. The van der Waals surface area contributed by atoms with E-state index in [9.17, 15) is 32.1 Å². The Balaban J connectivity index is 1.75. The van der Waals surface area contributed by atoms with Gasteiger partial charge in [-0.25, -0.2) is 17.2 Å². The Kier molecular flexibility index (Phi) is 5.97. The molecule has 0 saturated carbocycles. The van der Waals surface area contributed by atoms with Gasteiger partial charge in [0.2, 0.25) is 0 Å². The number of amides is 1. The van der Waals surface area contributed by atoms with Gasteiger partial charge in [0.15, 0.2) is 11.6 Å². The highest BCUT2D eigenvalue weighted by Crippen LogP contribution is 2.23. The van der Waals surface area contributed by atoms with Gasteiger partial charge in [-0.2, -0.15) is 0 Å². The number of hydrogen-bond donors (Lipinski definition) is 2. The Morgan fingerprint density at radius 3 is 2.23 bits per heavy atom. The van der Waals surface area contributed by atoms with Gasteiger partial charge in [-0.05, 0) is 55.5 Å². The minimum atomic E-state index is -4.16. The Hall–Kier alpha value is -3.86. The Morgan fingerprint density at radius 1 is 0.968 bits per heavy atom. The van der Waals surface area contributed by atoms with E-state index in [-0.39, 0.29) is 22.5 Å². The van der Waals surface area contributed by atoms with Gasteiger partial charge in [0.05, 0.1) is 9.82 Å². The highest BCUT2D eigenvalue weighted by atomic mass is 32.2. The van der Waals surface area contributed by atoms with Crippen molar-refractivity contribution in [1.29, 1.82) is 0 Å². The summed E-state index contributed by atoms with van der Waals surface area (Å²) in [5.41, 5.74) is 0.578. The molecule has 0 spiro atoms. The summed E-state index contributed by atoms with van der Waals surface area (Å²) >= 11 is 0. The molecule has 31 heavy (non-hydrogen) atoms. The van der Waals surface area contributed by atoms with Crippen LogP contribution < -0.4 is 10.0 Å². The van der Waals surface area contributed by atoms with Crippen molar-refractivity contribution in [2.45, 2.75) is 11.8 Å². The van der Waals surface area contributed by atoms with Gasteiger partial charge >= 0.3 is 0 Å². The van der Waals surface area contributed by atoms with Crippen LogP contribution >= 0.6 is 0 Å². The van der Waals surface area contributed by atoms with Gasteiger partial charge in [0.25, 0.3) is 21.6 Å². The monoisotopic (exact) mass is 447 g/mol. The van der Waals surface area contributed by atoms with E-state index in [2.05, 4.69) is 10.0 Å². The van der Waals surface area contributed by atoms with Crippen LogP contribution in [0.3, 0.4) is 0 Å². The first-order valence-corrected chi connectivity index (χ1v) is 10.2. The van der Waals surface area contributed by atoms with E-state index in [1.54, 1.807) is 0 Å². The van der Waals surface area contributed by atoms with Crippen LogP contribution in [0, 0.1) is 28.7 Å². The third-order valence-electron chi connectivity index (χ3n) is 4.34. The molecule has 0 aliphatic heterocycles. The molecule has 160 valence electrons. The summed E-state index contributed by atoms with van der Waals surface area (Å²) in [6.07, 6.45) is 0. The lowest BCUT2D eigenvalue weighted by atomic mass is 10.1. The summed E-state index contributed by atoms with van der Waals surface area (Å²) < 4.78 is 53.2. The normalized spacial score (nSPS) is 11.1. The molecule has 1 amide bonds. The molecule has 3 rings (SSSR count). The van der Waals surface area contributed by atoms with Crippen molar-refractivity contribution in [3.63, 3.8) is 0 Å². The van der Waals surface area contributed by atoms with Gasteiger partial charge in [0, 0.05) is 28.6 Å². The van der Waals surface area contributed by atoms with Crippen molar-refractivity contribution in [1.82, 2.24) is 0 Å². The number of carbonyl (C=O) groups is 1. The third-order valence-corrected chi connectivity index (χ3v) is 5.72. The fourth-order valence-electron chi connectivity index (χ4n) is 2.75. The average molecular weight is 447 g/mol. The molecule has 0 radical (unpaired) electrons. The van der Waals surface area contributed by atoms with Crippen LogP contribution in [0.5, 0.6) is 0 Å². The van der Waals surface area contributed by atoms with Crippen LogP contribution in [0.2, 0.25) is 0 Å². The largest absolute Gasteiger partial charge is 0.322 e.